The normalized spacial score (nSPS) is 12.1. The van der Waals surface area contributed by atoms with Gasteiger partial charge >= 0.3 is 0 Å². The van der Waals surface area contributed by atoms with E-state index in [1.165, 1.54) is 0 Å². The van der Waals surface area contributed by atoms with Gasteiger partial charge in [-0.1, -0.05) is 17.7 Å². The van der Waals surface area contributed by atoms with Gasteiger partial charge in [-0.3, -0.25) is 0 Å². The van der Waals surface area contributed by atoms with E-state index in [0.717, 1.165) is 16.9 Å². The third kappa shape index (κ3) is 3.31. The zero-order valence-electron chi connectivity index (χ0n) is 12.6. The van der Waals surface area contributed by atoms with E-state index < -0.39 is 6.10 Å². The summed E-state index contributed by atoms with van der Waals surface area (Å²) in [5.74, 6) is 1.93. The van der Waals surface area contributed by atoms with Crippen LogP contribution in [0.1, 0.15) is 29.7 Å². The van der Waals surface area contributed by atoms with E-state index in [-0.39, 0.29) is 0 Å². The average Bonchev–Trinajstić information content (AvgIpc) is 2.42. The molecule has 1 N–H and O–H groups in total. The number of aliphatic hydroxyl groups is 1. The number of ether oxygens (including phenoxy) is 2. The molecule has 0 fully saturated rings. The number of aliphatic hydroxyl groups excluding tert-OH is 1. The van der Waals surface area contributed by atoms with Crippen molar-refractivity contribution in [2.45, 2.75) is 26.9 Å². The summed E-state index contributed by atoms with van der Waals surface area (Å²) in [6, 6.07) is 9.16. The summed E-state index contributed by atoms with van der Waals surface area (Å²) in [5.41, 5.74) is 2.52. The summed E-state index contributed by atoms with van der Waals surface area (Å²) in [5, 5.41) is 10.7. The summed E-state index contributed by atoms with van der Waals surface area (Å²) in [6.45, 7) is 5.57. The SMILES string of the molecule is COc1cccc(Oc2c(C)cc(Cl)cc2C)c1[C@@H](C)O. The fourth-order valence-corrected chi connectivity index (χ4v) is 2.70. The molecule has 0 spiro atoms. The molecule has 0 bridgehead atoms. The number of halogens is 1. The average molecular weight is 307 g/mol. The highest BCUT2D eigenvalue weighted by molar-refractivity contribution is 6.30. The minimum absolute atomic E-state index is 0.581. The first-order chi connectivity index (χ1) is 9.93. The molecular weight excluding hydrogens is 288 g/mol. The van der Waals surface area contributed by atoms with Crippen LogP contribution in [0.2, 0.25) is 5.02 Å². The molecule has 2 aromatic carbocycles. The highest BCUT2D eigenvalue weighted by Gasteiger charge is 2.17. The van der Waals surface area contributed by atoms with E-state index in [9.17, 15) is 5.11 Å². The van der Waals surface area contributed by atoms with Gasteiger partial charge in [0.05, 0.1) is 18.8 Å². The van der Waals surface area contributed by atoms with Gasteiger partial charge in [0.15, 0.2) is 0 Å². The Morgan fingerprint density at radius 2 is 1.67 bits per heavy atom. The van der Waals surface area contributed by atoms with Crippen LogP contribution in [0.15, 0.2) is 30.3 Å². The van der Waals surface area contributed by atoms with Crippen molar-refractivity contribution < 1.29 is 14.6 Å². The van der Waals surface area contributed by atoms with E-state index >= 15 is 0 Å². The van der Waals surface area contributed by atoms with E-state index in [1.807, 2.05) is 38.1 Å². The molecule has 2 aromatic rings. The van der Waals surface area contributed by atoms with Crippen LogP contribution in [0.4, 0.5) is 0 Å². The van der Waals surface area contributed by atoms with E-state index in [0.29, 0.717) is 22.1 Å². The molecule has 112 valence electrons. The lowest BCUT2D eigenvalue weighted by Crippen LogP contribution is -2.01. The van der Waals surface area contributed by atoms with Crippen LogP contribution in [0.5, 0.6) is 17.2 Å². The second-order valence-corrected chi connectivity index (χ2v) is 5.46. The fraction of sp³-hybridized carbons (Fsp3) is 0.294. The number of hydrogen-bond donors (Lipinski definition) is 1. The lowest BCUT2D eigenvalue weighted by atomic mass is 10.1. The summed E-state index contributed by atoms with van der Waals surface area (Å²) in [7, 11) is 1.57. The van der Waals surface area contributed by atoms with Crippen molar-refractivity contribution in [2.24, 2.45) is 0 Å². The Kier molecular flexibility index (Phi) is 4.76. The Morgan fingerprint density at radius 3 is 2.19 bits per heavy atom. The molecule has 2 rings (SSSR count). The zero-order valence-corrected chi connectivity index (χ0v) is 13.4. The summed E-state index contributed by atoms with van der Waals surface area (Å²) < 4.78 is 11.3. The number of benzene rings is 2. The first-order valence-electron chi connectivity index (χ1n) is 6.73. The second-order valence-electron chi connectivity index (χ2n) is 5.02. The van der Waals surface area contributed by atoms with Crippen LogP contribution in [-0.4, -0.2) is 12.2 Å². The van der Waals surface area contributed by atoms with Crippen molar-refractivity contribution in [2.75, 3.05) is 7.11 Å². The highest BCUT2D eigenvalue weighted by Crippen LogP contribution is 2.38. The van der Waals surface area contributed by atoms with E-state index in [1.54, 1.807) is 20.1 Å². The summed E-state index contributed by atoms with van der Waals surface area (Å²) in [6.07, 6.45) is -0.691. The topological polar surface area (TPSA) is 38.7 Å². The van der Waals surface area contributed by atoms with Gasteiger partial charge in [0, 0.05) is 5.02 Å². The second kappa shape index (κ2) is 6.37. The van der Waals surface area contributed by atoms with Crippen LogP contribution in [0.25, 0.3) is 0 Å². The molecule has 0 aliphatic heterocycles. The Balaban J connectivity index is 2.50. The van der Waals surface area contributed by atoms with Gasteiger partial charge in [-0.05, 0) is 56.2 Å². The van der Waals surface area contributed by atoms with Gasteiger partial charge in [-0.15, -0.1) is 0 Å². The molecule has 0 aromatic heterocycles. The van der Waals surface area contributed by atoms with Crippen LogP contribution < -0.4 is 9.47 Å². The molecule has 0 saturated carbocycles. The molecule has 0 aliphatic carbocycles. The Bertz CT molecular complexity index is 627. The van der Waals surface area contributed by atoms with Crippen LogP contribution in [0.3, 0.4) is 0 Å². The van der Waals surface area contributed by atoms with Gasteiger partial charge < -0.3 is 14.6 Å². The molecule has 0 heterocycles. The largest absolute Gasteiger partial charge is 0.496 e. The number of methoxy groups -OCH3 is 1. The minimum atomic E-state index is -0.691. The third-order valence-corrected chi connectivity index (χ3v) is 3.52. The molecule has 0 radical (unpaired) electrons. The zero-order chi connectivity index (χ0) is 15.6. The number of hydrogen-bond acceptors (Lipinski definition) is 3. The Labute approximate surface area is 130 Å². The molecule has 0 aliphatic rings. The lowest BCUT2D eigenvalue weighted by Gasteiger charge is -2.18. The van der Waals surface area contributed by atoms with Crippen LogP contribution in [0, 0.1) is 13.8 Å². The van der Waals surface area contributed by atoms with Gasteiger partial charge in [-0.2, -0.15) is 0 Å². The van der Waals surface area contributed by atoms with Crippen molar-refractivity contribution in [1.82, 2.24) is 0 Å². The first-order valence-corrected chi connectivity index (χ1v) is 7.11. The van der Waals surface area contributed by atoms with Crippen molar-refractivity contribution in [1.29, 1.82) is 0 Å². The van der Waals surface area contributed by atoms with Crippen LogP contribution in [-0.2, 0) is 0 Å². The Hall–Kier alpha value is -1.71. The van der Waals surface area contributed by atoms with E-state index in [2.05, 4.69) is 0 Å². The maximum atomic E-state index is 10.00. The van der Waals surface area contributed by atoms with Gasteiger partial charge in [-0.25, -0.2) is 0 Å². The molecular formula is C17H19ClO3. The molecule has 0 unspecified atom stereocenters. The standard InChI is InChI=1S/C17H19ClO3/c1-10-8-13(18)9-11(2)17(10)21-15-7-5-6-14(20-4)16(15)12(3)19/h5-9,12,19H,1-4H3/t12-/m1/s1. The maximum Gasteiger partial charge on any atom is 0.136 e. The maximum absolute atomic E-state index is 10.00. The molecule has 3 nitrogen and oxygen atoms in total. The number of rotatable bonds is 4. The molecule has 1 atom stereocenters. The van der Waals surface area contributed by atoms with E-state index in [4.69, 9.17) is 21.1 Å². The van der Waals surface area contributed by atoms with Crippen molar-refractivity contribution in [3.05, 3.63) is 52.0 Å². The predicted octanol–water partition coefficient (Wildman–Crippen LogP) is 4.81. The molecule has 0 saturated heterocycles. The molecule has 21 heavy (non-hydrogen) atoms. The monoisotopic (exact) mass is 306 g/mol. The highest BCUT2D eigenvalue weighted by atomic mass is 35.5. The summed E-state index contributed by atoms with van der Waals surface area (Å²) in [4.78, 5) is 0. The molecule has 4 heteroatoms. The molecule has 0 amide bonds. The van der Waals surface area contributed by atoms with Crippen molar-refractivity contribution in [3.8, 4) is 17.2 Å². The van der Waals surface area contributed by atoms with Crippen molar-refractivity contribution >= 4 is 11.6 Å². The van der Waals surface area contributed by atoms with Gasteiger partial charge in [0.1, 0.15) is 17.2 Å². The number of aryl methyl sites for hydroxylation is 2. The first kappa shape index (κ1) is 15.7. The fourth-order valence-electron chi connectivity index (χ4n) is 2.37. The smallest absolute Gasteiger partial charge is 0.136 e. The van der Waals surface area contributed by atoms with Gasteiger partial charge in [0.2, 0.25) is 0 Å². The van der Waals surface area contributed by atoms with Crippen molar-refractivity contribution in [3.63, 3.8) is 0 Å². The van der Waals surface area contributed by atoms with Gasteiger partial charge in [0.25, 0.3) is 0 Å². The predicted molar refractivity (Wildman–Crippen MR) is 84.6 cm³/mol. The van der Waals surface area contributed by atoms with Crippen LogP contribution >= 0.6 is 11.6 Å². The Morgan fingerprint density at radius 1 is 1.10 bits per heavy atom. The lowest BCUT2D eigenvalue weighted by molar-refractivity contribution is 0.190. The minimum Gasteiger partial charge on any atom is -0.496 e. The summed E-state index contributed by atoms with van der Waals surface area (Å²) >= 11 is 6.04. The third-order valence-electron chi connectivity index (χ3n) is 3.30. The quantitative estimate of drug-likeness (QED) is 0.881.